The van der Waals surface area contributed by atoms with Gasteiger partial charge in [0.2, 0.25) is 5.91 Å². The molecule has 0 radical (unpaired) electrons. The van der Waals surface area contributed by atoms with Gasteiger partial charge in [0, 0.05) is 21.3 Å². The molecule has 2 N–H and O–H groups in total. The van der Waals surface area contributed by atoms with Crippen molar-refractivity contribution < 1.29 is 9.59 Å². The van der Waals surface area contributed by atoms with Crippen LogP contribution in [0.25, 0.3) is 0 Å². The van der Waals surface area contributed by atoms with Gasteiger partial charge in [-0.2, -0.15) is 0 Å². The Balaban J connectivity index is 1.54. The van der Waals surface area contributed by atoms with Crippen LogP contribution in [-0.4, -0.2) is 11.8 Å². The predicted octanol–water partition coefficient (Wildman–Crippen LogP) is 7.13. The van der Waals surface area contributed by atoms with Gasteiger partial charge in [-0.3, -0.25) is 9.59 Å². The molecule has 0 saturated heterocycles. The first-order chi connectivity index (χ1) is 15.6. The zero-order chi connectivity index (χ0) is 22.3. The highest BCUT2D eigenvalue weighted by molar-refractivity contribution is 8.00. The second kappa shape index (κ2) is 10.5. The summed E-state index contributed by atoms with van der Waals surface area (Å²) in [6, 6.07) is 27.8. The van der Waals surface area contributed by atoms with Crippen molar-refractivity contribution in [3.05, 3.63) is 112 Å². The number of rotatable bonds is 7. The highest BCUT2D eigenvalue weighted by Crippen LogP contribution is 2.37. The lowest BCUT2D eigenvalue weighted by atomic mass is 10.1. The second-order valence-corrected chi connectivity index (χ2v) is 9.43. The maximum atomic E-state index is 13.2. The molecule has 7 heteroatoms. The fourth-order valence-electron chi connectivity index (χ4n) is 3.03. The first-order valence-electron chi connectivity index (χ1n) is 9.81. The number of hydrogen-bond donors (Lipinski definition) is 2. The number of nitrogens with one attached hydrogen (secondary N) is 2. The van der Waals surface area contributed by atoms with Crippen molar-refractivity contribution in [2.24, 2.45) is 0 Å². The highest BCUT2D eigenvalue weighted by atomic mass is 35.5. The summed E-state index contributed by atoms with van der Waals surface area (Å²) in [5.41, 5.74) is 2.24. The highest BCUT2D eigenvalue weighted by Gasteiger charge is 2.22. The smallest absolute Gasteiger partial charge is 0.265 e. The monoisotopic (exact) mass is 478 g/mol. The lowest BCUT2D eigenvalue weighted by Gasteiger charge is -2.18. The van der Waals surface area contributed by atoms with Crippen LogP contribution in [0.2, 0.25) is 5.02 Å². The summed E-state index contributed by atoms with van der Waals surface area (Å²) in [7, 11) is 0. The molecule has 4 aromatic rings. The molecule has 160 valence electrons. The van der Waals surface area contributed by atoms with Crippen LogP contribution in [0.1, 0.15) is 20.5 Å². The fraction of sp³-hybridized carbons (Fsp3) is 0.0400. The molecule has 1 heterocycles. The van der Waals surface area contributed by atoms with Gasteiger partial charge in [0.05, 0.1) is 4.88 Å². The Morgan fingerprint density at radius 3 is 2.31 bits per heavy atom. The Kier molecular flexibility index (Phi) is 7.27. The van der Waals surface area contributed by atoms with Crippen LogP contribution in [0.5, 0.6) is 0 Å². The molecule has 1 unspecified atom stereocenters. The largest absolute Gasteiger partial charge is 0.325 e. The number of thiophene rings is 1. The minimum Gasteiger partial charge on any atom is -0.325 e. The minimum atomic E-state index is -0.477. The Labute approximate surface area is 199 Å². The molecule has 0 aliphatic carbocycles. The van der Waals surface area contributed by atoms with Crippen LogP contribution in [-0.2, 0) is 4.79 Å². The zero-order valence-electron chi connectivity index (χ0n) is 16.8. The van der Waals surface area contributed by atoms with E-state index in [4.69, 9.17) is 11.6 Å². The molecule has 1 atom stereocenters. The van der Waals surface area contributed by atoms with Crippen LogP contribution >= 0.6 is 34.7 Å². The van der Waals surface area contributed by atoms with Gasteiger partial charge in [-0.15, -0.1) is 23.1 Å². The average molecular weight is 479 g/mol. The van der Waals surface area contributed by atoms with E-state index in [-0.39, 0.29) is 11.8 Å². The van der Waals surface area contributed by atoms with Gasteiger partial charge >= 0.3 is 0 Å². The molecule has 0 saturated carbocycles. The van der Waals surface area contributed by atoms with E-state index >= 15 is 0 Å². The first kappa shape index (κ1) is 22.1. The topological polar surface area (TPSA) is 58.2 Å². The van der Waals surface area contributed by atoms with Crippen molar-refractivity contribution >= 4 is 57.9 Å². The van der Waals surface area contributed by atoms with Crippen LogP contribution in [0.3, 0.4) is 0 Å². The van der Waals surface area contributed by atoms with Gasteiger partial charge in [0.25, 0.3) is 5.91 Å². The normalized spacial score (nSPS) is 11.5. The molecule has 32 heavy (non-hydrogen) atoms. The van der Waals surface area contributed by atoms with Gasteiger partial charge in [0.1, 0.15) is 5.25 Å². The minimum absolute atomic E-state index is 0.142. The standard InChI is InChI=1S/C25H19ClN2O2S2/c26-18-11-13-19(14-12-18)27-25(30)23(17-6-2-1-3-7-17)32-21-9-4-8-20(16-21)28-24(29)22-10-5-15-31-22/h1-16,23H,(H,27,30)(H,28,29). The zero-order valence-corrected chi connectivity index (χ0v) is 19.2. The van der Waals surface area contributed by atoms with Gasteiger partial charge in [-0.05, 0) is 59.5 Å². The summed E-state index contributed by atoms with van der Waals surface area (Å²) >= 11 is 8.77. The Hall–Kier alpha value is -3.06. The number of carbonyl (C=O) groups excluding carboxylic acids is 2. The maximum absolute atomic E-state index is 13.2. The average Bonchev–Trinajstić information content (AvgIpc) is 3.35. The van der Waals surface area contributed by atoms with Crippen molar-refractivity contribution in [3.8, 4) is 0 Å². The molecule has 3 aromatic carbocycles. The van der Waals surface area contributed by atoms with Crippen molar-refractivity contribution in [1.29, 1.82) is 0 Å². The lowest BCUT2D eigenvalue weighted by molar-refractivity contribution is -0.115. The maximum Gasteiger partial charge on any atom is 0.265 e. The van der Waals surface area contributed by atoms with Crippen molar-refractivity contribution in [2.45, 2.75) is 10.1 Å². The summed E-state index contributed by atoms with van der Waals surface area (Å²) in [6.07, 6.45) is 0. The van der Waals surface area contributed by atoms with Crippen LogP contribution < -0.4 is 10.6 Å². The number of anilines is 2. The number of halogens is 1. The number of thioether (sulfide) groups is 1. The molecule has 2 amide bonds. The lowest BCUT2D eigenvalue weighted by Crippen LogP contribution is -2.19. The molecule has 0 aliphatic heterocycles. The Morgan fingerprint density at radius 2 is 1.59 bits per heavy atom. The summed E-state index contributed by atoms with van der Waals surface area (Å²) in [5.74, 6) is -0.293. The second-order valence-electron chi connectivity index (χ2n) is 6.86. The molecule has 4 nitrogen and oxygen atoms in total. The SMILES string of the molecule is O=C(Nc1cccc(SC(C(=O)Nc2ccc(Cl)cc2)c2ccccc2)c1)c1cccs1. The number of benzene rings is 3. The third-order valence-electron chi connectivity index (χ3n) is 4.54. The first-order valence-corrected chi connectivity index (χ1v) is 12.0. The Morgan fingerprint density at radius 1 is 0.812 bits per heavy atom. The molecule has 0 fully saturated rings. The molecule has 4 rings (SSSR count). The summed E-state index contributed by atoms with van der Waals surface area (Å²) < 4.78 is 0. The quantitative estimate of drug-likeness (QED) is 0.278. The third kappa shape index (κ3) is 5.79. The Bertz CT molecular complexity index is 1200. The van der Waals surface area contributed by atoms with Gasteiger partial charge in [-0.25, -0.2) is 0 Å². The summed E-state index contributed by atoms with van der Waals surface area (Å²) in [4.78, 5) is 27.1. The van der Waals surface area contributed by atoms with E-state index in [0.29, 0.717) is 21.3 Å². The van der Waals surface area contributed by atoms with E-state index < -0.39 is 5.25 Å². The summed E-state index contributed by atoms with van der Waals surface area (Å²) in [5, 5.41) is 7.88. The number of carbonyl (C=O) groups is 2. The molecule has 0 spiro atoms. The summed E-state index contributed by atoms with van der Waals surface area (Å²) in [6.45, 7) is 0. The van der Waals surface area contributed by atoms with Gasteiger partial charge in [0.15, 0.2) is 0 Å². The van der Waals surface area contributed by atoms with Gasteiger partial charge < -0.3 is 10.6 Å². The van der Waals surface area contributed by atoms with Gasteiger partial charge in [-0.1, -0.05) is 54.1 Å². The van der Waals surface area contributed by atoms with E-state index in [2.05, 4.69) is 10.6 Å². The molecule has 1 aromatic heterocycles. The van der Waals surface area contributed by atoms with E-state index in [1.807, 2.05) is 66.0 Å². The van der Waals surface area contributed by atoms with Crippen molar-refractivity contribution in [3.63, 3.8) is 0 Å². The molecular formula is C25H19ClN2O2S2. The van der Waals surface area contributed by atoms with E-state index in [1.54, 1.807) is 30.3 Å². The number of amides is 2. The van der Waals surface area contributed by atoms with E-state index in [9.17, 15) is 9.59 Å². The van der Waals surface area contributed by atoms with E-state index in [0.717, 1.165) is 10.5 Å². The fourth-order valence-corrected chi connectivity index (χ4v) is 4.85. The number of hydrogen-bond acceptors (Lipinski definition) is 4. The molecule has 0 bridgehead atoms. The van der Waals surface area contributed by atoms with Crippen LogP contribution in [0.15, 0.2) is 101 Å². The molecular weight excluding hydrogens is 460 g/mol. The predicted molar refractivity (Wildman–Crippen MR) is 134 cm³/mol. The third-order valence-corrected chi connectivity index (χ3v) is 6.91. The van der Waals surface area contributed by atoms with Crippen LogP contribution in [0.4, 0.5) is 11.4 Å². The van der Waals surface area contributed by atoms with E-state index in [1.165, 1.54) is 23.1 Å². The molecule has 0 aliphatic rings. The van der Waals surface area contributed by atoms with Crippen molar-refractivity contribution in [2.75, 3.05) is 10.6 Å². The van der Waals surface area contributed by atoms with Crippen LogP contribution in [0, 0.1) is 0 Å². The van der Waals surface area contributed by atoms with Crippen molar-refractivity contribution in [1.82, 2.24) is 0 Å².